The maximum absolute atomic E-state index is 12.0. The Morgan fingerprint density at radius 2 is 2.12 bits per heavy atom. The molecule has 0 bridgehead atoms. The SMILES string of the molecule is Cc1cc(O)ccc1C(=O)NC1CCNCC1. The minimum absolute atomic E-state index is 0.0469. The molecule has 0 atom stereocenters. The predicted octanol–water partition coefficient (Wildman–Crippen LogP) is 1.18. The third-order valence-corrected chi connectivity index (χ3v) is 3.13. The third-order valence-electron chi connectivity index (χ3n) is 3.13. The van der Waals surface area contributed by atoms with Crippen LogP contribution >= 0.6 is 0 Å². The topological polar surface area (TPSA) is 61.4 Å². The van der Waals surface area contributed by atoms with Crippen LogP contribution in [0.5, 0.6) is 5.75 Å². The number of hydrogen-bond donors (Lipinski definition) is 3. The fourth-order valence-corrected chi connectivity index (χ4v) is 2.13. The van der Waals surface area contributed by atoms with Gasteiger partial charge in [-0.05, 0) is 56.6 Å². The van der Waals surface area contributed by atoms with E-state index in [1.54, 1.807) is 18.2 Å². The van der Waals surface area contributed by atoms with E-state index in [1.165, 1.54) is 0 Å². The molecular weight excluding hydrogens is 216 g/mol. The molecule has 3 N–H and O–H groups in total. The molecule has 1 aliphatic rings. The molecule has 0 spiro atoms. The number of nitrogens with one attached hydrogen (secondary N) is 2. The van der Waals surface area contributed by atoms with Crippen LogP contribution in [0, 0.1) is 6.92 Å². The number of aryl methyl sites for hydroxylation is 1. The first kappa shape index (κ1) is 11.9. The monoisotopic (exact) mass is 234 g/mol. The van der Waals surface area contributed by atoms with Crippen LogP contribution in [-0.4, -0.2) is 30.1 Å². The molecule has 0 unspecified atom stereocenters. The van der Waals surface area contributed by atoms with Crippen LogP contribution in [0.25, 0.3) is 0 Å². The number of rotatable bonds is 2. The minimum Gasteiger partial charge on any atom is -0.508 e. The number of amides is 1. The second-order valence-corrected chi connectivity index (χ2v) is 4.50. The van der Waals surface area contributed by atoms with Crippen LogP contribution in [-0.2, 0) is 0 Å². The molecule has 1 amide bonds. The van der Waals surface area contributed by atoms with Gasteiger partial charge in [0.25, 0.3) is 5.91 Å². The molecule has 1 aromatic rings. The van der Waals surface area contributed by atoms with Crippen molar-refractivity contribution in [2.24, 2.45) is 0 Å². The molecule has 4 nitrogen and oxygen atoms in total. The fraction of sp³-hybridized carbons (Fsp3) is 0.462. The lowest BCUT2D eigenvalue weighted by atomic mass is 10.0. The number of carbonyl (C=O) groups excluding carboxylic acids is 1. The lowest BCUT2D eigenvalue weighted by Gasteiger charge is -2.24. The van der Waals surface area contributed by atoms with Gasteiger partial charge in [0, 0.05) is 11.6 Å². The zero-order valence-electron chi connectivity index (χ0n) is 9.99. The summed E-state index contributed by atoms with van der Waals surface area (Å²) in [5, 5.41) is 15.6. The molecule has 1 fully saturated rings. The van der Waals surface area contributed by atoms with Gasteiger partial charge in [-0.25, -0.2) is 0 Å². The summed E-state index contributed by atoms with van der Waals surface area (Å²) in [5.41, 5.74) is 1.44. The van der Waals surface area contributed by atoms with Gasteiger partial charge in [-0.1, -0.05) is 0 Å². The summed E-state index contributed by atoms with van der Waals surface area (Å²) < 4.78 is 0. The highest BCUT2D eigenvalue weighted by Gasteiger charge is 2.17. The Hall–Kier alpha value is -1.55. The summed E-state index contributed by atoms with van der Waals surface area (Å²) in [6, 6.07) is 5.08. The second kappa shape index (κ2) is 5.19. The molecule has 0 radical (unpaired) electrons. The first-order valence-electron chi connectivity index (χ1n) is 5.98. The molecule has 17 heavy (non-hydrogen) atoms. The highest BCUT2D eigenvalue weighted by Crippen LogP contribution is 2.16. The number of aromatic hydroxyl groups is 1. The van der Waals surface area contributed by atoms with Crippen molar-refractivity contribution in [1.29, 1.82) is 0 Å². The van der Waals surface area contributed by atoms with Gasteiger partial charge >= 0.3 is 0 Å². The molecule has 1 saturated heterocycles. The van der Waals surface area contributed by atoms with E-state index in [2.05, 4.69) is 10.6 Å². The van der Waals surface area contributed by atoms with Crippen LogP contribution in [0.4, 0.5) is 0 Å². The van der Waals surface area contributed by atoms with Crippen molar-refractivity contribution in [3.63, 3.8) is 0 Å². The average Bonchev–Trinajstić information content (AvgIpc) is 2.30. The Balaban J connectivity index is 2.03. The normalized spacial score (nSPS) is 16.8. The molecule has 4 heteroatoms. The average molecular weight is 234 g/mol. The van der Waals surface area contributed by atoms with Crippen molar-refractivity contribution >= 4 is 5.91 Å². The third kappa shape index (κ3) is 2.97. The largest absolute Gasteiger partial charge is 0.508 e. The van der Waals surface area contributed by atoms with Crippen molar-refractivity contribution in [3.8, 4) is 5.75 Å². The van der Waals surface area contributed by atoms with E-state index in [4.69, 9.17) is 0 Å². The summed E-state index contributed by atoms with van der Waals surface area (Å²) in [4.78, 5) is 12.0. The smallest absolute Gasteiger partial charge is 0.251 e. The lowest BCUT2D eigenvalue weighted by Crippen LogP contribution is -2.42. The van der Waals surface area contributed by atoms with Gasteiger partial charge in [-0.2, -0.15) is 0 Å². The van der Waals surface area contributed by atoms with E-state index in [0.717, 1.165) is 31.5 Å². The second-order valence-electron chi connectivity index (χ2n) is 4.50. The molecular formula is C13H18N2O2. The van der Waals surface area contributed by atoms with Gasteiger partial charge in [0.2, 0.25) is 0 Å². The quantitative estimate of drug-likeness (QED) is 0.720. The molecule has 1 heterocycles. The summed E-state index contributed by atoms with van der Waals surface area (Å²) >= 11 is 0. The molecule has 0 saturated carbocycles. The molecule has 1 aliphatic heterocycles. The Kier molecular flexibility index (Phi) is 3.64. The highest BCUT2D eigenvalue weighted by atomic mass is 16.3. The van der Waals surface area contributed by atoms with Crippen LogP contribution in [0.3, 0.4) is 0 Å². The zero-order valence-corrected chi connectivity index (χ0v) is 9.99. The van der Waals surface area contributed by atoms with E-state index in [1.807, 2.05) is 6.92 Å². The number of carbonyl (C=O) groups is 1. The van der Waals surface area contributed by atoms with Gasteiger partial charge in [0.15, 0.2) is 0 Å². The van der Waals surface area contributed by atoms with E-state index < -0.39 is 0 Å². The number of piperidine rings is 1. The van der Waals surface area contributed by atoms with Gasteiger partial charge in [0.1, 0.15) is 5.75 Å². The molecule has 92 valence electrons. The van der Waals surface area contributed by atoms with E-state index in [-0.39, 0.29) is 17.7 Å². The highest BCUT2D eigenvalue weighted by molar-refractivity contribution is 5.95. The molecule has 1 aromatic carbocycles. The number of phenolic OH excluding ortho intramolecular Hbond substituents is 1. The first-order valence-corrected chi connectivity index (χ1v) is 5.98. The van der Waals surface area contributed by atoms with E-state index in [9.17, 15) is 9.90 Å². The Labute approximate surface area is 101 Å². The van der Waals surface area contributed by atoms with Gasteiger partial charge in [0.05, 0.1) is 0 Å². The Bertz CT molecular complexity index is 412. The van der Waals surface area contributed by atoms with Crippen molar-refractivity contribution in [1.82, 2.24) is 10.6 Å². The van der Waals surface area contributed by atoms with E-state index in [0.29, 0.717) is 5.56 Å². The van der Waals surface area contributed by atoms with Crippen molar-refractivity contribution in [2.75, 3.05) is 13.1 Å². The number of phenols is 1. The van der Waals surface area contributed by atoms with Gasteiger partial charge < -0.3 is 15.7 Å². The summed E-state index contributed by atoms with van der Waals surface area (Å²) in [6.45, 7) is 3.75. The van der Waals surface area contributed by atoms with Crippen LogP contribution in [0.1, 0.15) is 28.8 Å². The summed E-state index contributed by atoms with van der Waals surface area (Å²) in [7, 11) is 0. The minimum atomic E-state index is -0.0469. The van der Waals surface area contributed by atoms with Crippen molar-refractivity contribution < 1.29 is 9.90 Å². The Morgan fingerprint density at radius 1 is 1.41 bits per heavy atom. The maximum Gasteiger partial charge on any atom is 0.251 e. The summed E-state index contributed by atoms with van der Waals surface area (Å²) in [5.74, 6) is 0.148. The van der Waals surface area contributed by atoms with Crippen LogP contribution in [0.2, 0.25) is 0 Å². The number of benzene rings is 1. The molecule has 0 aliphatic carbocycles. The Morgan fingerprint density at radius 3 is 2.76 bits per heavy atom. The standard InChI is InChI=1S/C13H18N2O2/c1-9-8-11(16)2-3-12(9)13(17)15-10-4-6-14-7-5-10/h2-3,8,10,14,16H,4-7H2,1H3,(H,15,17). The maximum atomic E-state index is 12.0. The van der Waals surface area contributed by atoms with Crippen LogP contribution < -0.4 is 10.6 Å². The molecule has 2 rings (SSSR count). The first-order chi connectivity index (χ1) is 8.16. The van der Waals surface area contributed by atoms with E-state index >= 15 is 0 Å². The zero-order chi connectivity index (χ0) is 12.3. The van der Waals surface area contributed by atoms with Gasteiger partial charge in [-0.3, -0.25) is 4.79 Å². The lowest BCUT2D eigenvalue weighted by molar-refractivity contribution is 0.0929. The van der Waals surface area contributed by atoms with Crippen molar-refractivity contribution in [2.45, 2.75) is 25.8 Å². The van der Waals surface area contributed by atoms with Crippen LogP contribution in [0.15, 0.2) is 18.2 Å². The van der Waals surface area contributed by atoms with Crippen molar-refractivity contribution in [3.05, 3.63) is 29.3 Å². The summed E-state index contributed by atoms with van der Waals surface area (Å²) in [6.07, 6.45) is 1.95. The van der Waals surface area contributed by atoms with Gasteiger partial charge in [-0.15, -0.1) is 0 Å². The predicted molar refractivity (Wildman–Crippen MR) is 66.2 cm³/mol. The number of hydrogen-bond acceptors (Lipinski definition) is 3. The molecule has 0 aromatic heterocycles. The fourth-order valence-electron chi connectivity index (χ4n) is 2.13.